The van der Waals surface area contributed by atoms with Gasteiger partial charge in [-0.3, -0.25) is 4.79 Å². The predicted octanol–water partition coefficient (Wildman–Crippen LogP) is 2.89. The van der Waals surface area contributed by atoms with E-state index in [0.717, 1.165) is 16.5 Å². The number of nitrogens with one attached hydrogen (secondary N) is 1. The number of benzene rings is 1. The van der Waals surface area contributed by atoms with Crippen LogP contribution in [0.15, 0.2) is 41.3 Å². The molecule has 1 amide bonds. The molecule has 16 heavy (non-hydrogen) atoms. The summed E-state index contributed by atoms with van der Waals surface area (Å²) >= 11 is 5.95. The molecule has 0 radical (unpaired) electrons. The average Bonchev–Trinajstić information content (AvgIpc) is 2.62. The highest BCUT2D eigenvalue weighted by atomic mass is 35.5. The van der Waals surface area contributed by atoms with Gasteiger partial charge in [-0.1, -0.05) is 24.8 Å². The molecule has 1 heterocycles. The Labute approximate surface area is 97.7 Å². The van der Waals surface area contributed by atoms with E-state index in [9.17, 15) is 4.79 Å². The molecule has 0 unspecified atom stereocenters. The second kappa shape index (κ2) is 4.41. The van der Waals surface area contributed by atoms with E-state index in [0.29, 0.717) is 11.8 Å². The molecule has 0 atom stereocenters. The number of carbonyl (C=O) groups excluding carboxylic acids is 1. The maximum absolute atomic E-state index is 11.1. The average molecular weight is 236 g/mol. The van der Waals surface area contributed by atoms with Crippen LogP contribution in [0.5, 0.6) is 0 Å². The first-order valence-corrected chi connectivity index (χ1v) is 5.16. The molecule has 0 saturated heterocycles. The first-order valence-electron chi connectivity index (χ1n) is 4.78. The third-order valence-electron chi connectivity index (χ3n) is 2.27. The van der Waals surface area contributed by atoms with Gasteiger partial charge in [-0.2, -0.15) is 0 Å². The standard InChI is InChI=1S/C12H10ClNO2/c1-2-11(15)14-7-9-8-5-3-4-6-10(8)16-12(9)13/h2-6H,1,7H2,(H,14,15). The summed E-state index contributed by atoms with van der Waals surface area (Å²) in [6.45, 7) is 3.71. The van der Waals surface area contributed by atoms with Gasteiger partial charge in [-0.15, -0.1) is 0 Å². The number of para-hydroxylation sites is 1. The van der Waals surface area contributed by atoms with Crippen LogP contribution in [0.25, 0.3) is 11.0 Å². The highest BCUT2D eigenvalue weighted by Gasteiger charge is 2.11. The summed E-state index contributed by atoms with van der Waals surface area (Å²) in [5.41, 5.74) is 1.50. The van der Waals surface area contributed by atoms with Crippen molar-refractivity contribution in [3.63, 3.8) is 0 Å². The summed E-state index contributed by atoms with van der Waals surface area (Å²) in [5, 5.41) is 3.89. The van der Waals surface area contributed by atoms with E-state index in [4.69, 9.17) is 16.0 Å². The van der Waals surface area contributed by atoms with Crippen LogP contribution in [0.3, 0.4) is 0 Å². The molecule has 2 rings (SSSR count). The van der Waals surface area contributed by atoms with Crippen molar-refractivity contribution in [1.29, 1.82) is 0 Å². The molecular formula is C12H10ClNO2. The number of carbonyl (C=O) groups is 1. The Morgan fingerprint density at radius 1 is 1.50 bits per heavy atom. The molecule has 1 aromatic heterocycles. The summed E-state index contributed by atoms with van der Waals surface area (Å²) in [5.74, 6) is -0.235. The fourth-order valence-electron chi connectivity index (χ4n) is 1.48. The van der Waals surface area contributed by atoms with Crippen LogP contribution in [0.4, 0.5) is 0 Å². The third kappa shape index (κ3) is 1.95. The molecule has 82 valence electrons. The van der Waals surface area contributed by atoms with E-state index < -0.39 is 0 Å². The van der Waals surface area contributed by atoms with Crippen molar-refractivity contribution < 1.29 is 9.21 Å². The summed E-state index contributed by atoms with van der Waals surface area (Å²) in [6, 6.07) is 7.50. The van der Waals surface area contributed by atoms with Crippen LogP contribution in [-0.2, 0) is 11.3 Å². The Morgan fingerprint density at radius 2 is 2.25 bits per heavy atom. The fraction of sp³-hybridized carbons (Fsp3) is 0.0833. The molecule has 2 aromatic rings. The number of fused-ring (bicyclic) bond motifs is 1. The van der Waals surface area contributed by atoms with E-state index in [1.807, 2.05) is 24.3 Å². The molecule has 0 bridgehead atoms. The lowest BCUT2D eigenvalue weighted by Crippen LogP contribution is -2.19. The minimum absolute atomic E-state index is 0.235. The van der Waals surface area contributed by atoms with Crippen LogP contribution in [0, 0.1) is 0 Å². The van der Waals surface area contributed by atoms with Crippen molar-refractivity contribution in [2.45, 2.75) is 6.54 Å². The lowest BCUT2D eigenvalue weighted by molar-refractivity contribution is -0.116. The Kier molecular flexibility index (Phi) is 2.97. The zero-order valence-corrected chi connectivity index (χ0v) is 9.25. The minimum Gasteiger partial charge on any atom is -0.444 e. The highest BCUT2D eigenvalue weighted by molar-refractivity contribution is 6.30. The van der Waals surface area contributed by atoms with Crippen LogP contribution in [-0.4, -0.2) is 5.91 Å². The van der Waals surface area contributed by atoms with E-state index in [1.165, 1.54) is 6.08 Å². The largest absolute Gasteiger partial charge is 0.444 e. The van der Waals surface area contributed by atoms with Gasteiger partial charge in [0, 0.05) is 17.5 Å². The summed E-state index contributed by atoms with van der Waals surface area (Å²) in [7, 11) is 0. The van der Waals surface area contributed by atoms with Crippen molar-refractivity contribution in [3.05, 3.63) is 47.7 Å². The molecule has 3 nitrogen and oxygen atoms in total. The van der Waals surface area contributed by atoms with Gasteiger partial charge in [0.05, 0.1) is 0 Å². The molecule has 0 aliphatic heterocycles. The number of hydrogen-bond donors (Lipinski definition) is 1. The molecule has 0 saturated carbocycles. The van der Waals surface area contributed by atoms with Gasteiger partial charge in [0.1, 0.15) is 5.58 Å². The normalized spacial score (nSPS) is 10.3. The molecule has 0 aliphatic rings. The SMILES string of the molecule is C=CC(=O)NCc1c(Cl)oc2ccccc12. The Morgan fingerprint density at radius 3 is 3.00 bits per heavy atom. The molecule has 0 aliphatic carbocycles. The van der Waals surface area contributed by atoms with Crippen LogP contribution in [0.1, 0.15) is 5.56 Å². The summed E-state index contributed by atoms with van der Waals surface area (Å²) in [6.07, 6.45) is 1.22. The van der Waals surface area contributed by atoms with E-state index >= 15 is 0 Å². The van der Waals surface area contributed by atoms with E-state index in [-0.39, 0.29) is 5.91 Å². The van der Waals surface area contributed by atoms with Gasteiger partial charge in [-0.25, -0.2) is 0 Å². The smallest absolute Gasteiger partial charge is 0.243 e. The molecule has 1 aromatic carbocycles. The third-order valence-corrected chi connectivity index (χ3v) is 2.58. The summed E-state index contributed by atoms with van der Waals surface area (Å²) < 4.78 is 5.35. The zero-order valence-electron chi connectivity index (χ0n) is 8.50. The maximum Gasteiger partial charge on any atom is 0.243 e. The monoisotopic (exact) mass is 235 g/mol. The molecule has 0 fully saturated rings. The van der Waals surface area contributed by atoms with Gasteiger partial charge >= 0.3 is 0 Å². The predicted molar refractivity (Wildman–Crippen MR) is 63.3 cm³/mol. The zero-order chi connectivity index (χ0) is 11.5. The van der Waals surface area contributed by atoms with Gasteiger partial charge in [0.2, 0.25) is 5.91 Å². The molecule has 0 spiro atoms. The quantitative estimate of drug-likeness (QED) is 0.832. The second-order valence-corrected chi connectivity index (χ2v) is 3.62. The van der Waals surface area contributed by atoms with Gasteiger partial charge in [-0.05, 0) is 23.7 Å². The number of hydrogen-bond acceptors (Lipinski definition) is 2. The highest BCUT2D eigenvalue weighted by Crippen LogP contribution is 2.29. The molecular weight excluding hydrogens is 226 g/mol. The van der Waals surface area contributed by atoms with Gasteiger partial charge < -0.3 is 9.73 Å². The second-order valence-electron chi connectivity index (χ2n) is 3.27. The number of rotatable bonds is 3. The maximum atomic E-state index is 11.1. The first kappa shape index (κ1) is 10.8. The van der Waals surface area contributed by atoms with Crippen molar-refractivity contribution in [2.24, 2.45) is 0 Å². The molecule has 1 N–H and O–H groups in total. The Hall–Kier alpha value is -1.74. The minimum atomic E-state index is -0.235. The van der Waals surface area contributed by atoms with Crippen molar-refractivity contribution in [2.75, 3.05) is 0 Å². The van der Waals surface area contributed by atoms with Crippen molar-refractivity contribution in [1.82, 2.24) is 5.32 Å². The van der Waals surface area contributed by atoms with Crippen LogP contribution < -0.4 is 5.32 Å². The molecule has 4 heteroatoms. The van der Waals surface area contributed by atoms with Crippen molar-refractivity contribution in [3.8, 4) is 0 Å². The lowest BCUT2D eigenvalue weighted by atomic mass is 10.2. The van der Waals surface area contributed by atoms with Crippen LogP contribution >= 0.6 is 11.6 Å². The first-order chi connectivity index (χ1) is 7.72. The van der Waals surface area contributed by atoms with E-state index in [2.05, 4.69) is 11.9 Å². The number of furan rings is 1. The lowest BCUT2D eigenvalue weighted by Gasteiger charge is -2.00. The van der Waals surface area contributed by atoms with Crippen molar-refractivity contribution >= 4 is 28.5 Å². The fourth-order valence-corrected chi connectivity index (χ4v) is 1.73. The topological polar surface area (TPSA) is 42.2 Å². The summed E-state index contributed by atoms with van der Waals surface area (Å²) in [4.78, 5) is 11.1. The Bertz CT molecular complexity index is 545. The Balaban J connectivity index is 2.32. The van der Waals surface area contributed by atoms with Crippen LogP contribution in [0.2, 0.25) is 5.22 Å². The van der Waals surface area contributed by atoms with Gasteiger partial charge in [0.25, 0.3) is 0 Å². The van der Waals surface area contributed by atoms with Gasteiger partial charge in [0.15, 0.2) is 5.22 Å². The van der Waals surface area contributed by atoms with E-state index in [1.54, 1.807) is 0 Å². The number of amides is 1. The number of halogens is 1.